The maximum Gasteiger partial charge on any atom is 0.311 e. The molecule has 1 saturated heterocycles. The normalized spacial score (nSPS) is 21.9. The standard InChI is InChI=1S/C25H28N4O2S/c1-3-31-23(30)14-20-16-32-25(26-20)29-28-21-15-22(18-10-6-4-7-11-18)27-24(17(21)2)19-12-8-5-9-13-19/h4-13,16-17,22,24,27H,3,14-15H2,1-2H3,(H,26,29)/b28-21-. The first kappa shape index (κ1) is 22.2. The minimum absolute atomic E-state index is 0.159. The van der Waals surface area contributed by atoms with E-state index in [4.69, 9.17) is 9.84 Å². The van der Waals surface area contributed by atoms with Crippen molar-refractivity contribution in [1.29, 1.82) is 0 Å². The zero-order valence-corrected chi connectivity index (χ0v) is 19.1. The van der Waals surface area contributed by atoms with Gasteiger partial charge in [-0.1, -0.05) is 67.6 Å². The molecule has 3 aromatic rings. The van der Waals surface area contributed by atoms with Crippen LogP contribution in [0.3, 0.4) is 0 Å². The lowest BCUT2D eigenvalue weighted by Gasteiger charge is -2.37. The lowest BCUT2D eigenvalue weighted by molar-refractivity contribution is -0.142. The fraction of sp³-hybridized carbons (Fsp3) is 0.320. The average molecular weight is 449 g/mol. The summed E-state index contributed by atoms with van der Waals surface area (Å²) in [6, 6.07) is 21.3. The topological polar surface area (TPSA) is 75.6 Å². The summed E-state index contributed by atoms with van der Waals surface area (Å²) in [4.78, 5) is 16.2. The summed E-state index contributed by atoms with van der Waals surface area (Å²) >= 11 is 1.44. The molecule has 2 N–H and O–H groups in total. The second kappa shape index (κ2) is 10.5. The van der Waals surface area contributed by atoms with Gasteiger partial charge >= 0.3 is 5.97 Å². The monoisotopic (exact) mass is 448 g/mol. The number of aromatic nitrogens is 1. The van der Waals surface area contributed by atoms with E-state index in [1.165, 1.54) is 22.5 Å². The molecule has 1 aliphatic heterocycles. The summed E-state index contributed by atoms with van der Waals surface area (Å²) < 4.78 is 5.00. The predicted octanol–water partition coefficient (Wildman–Crippen LogP) is 5.13. The van der Waals surface area contributed by atoms with Crippen LogP contribution in [0.1, 0.15) is 49.2 Å². The van der Waals surface area contributed by atoms with Gasteiger partial charge in [0.1, 0.15) is 0 Å². The summed E-state index contributed by atoms with van der Waals surface area (Å²) in [5.41, 5.74) is 7.41. The molecule has 0 saturated carbocycles. The smallest absolute Gasteiger partial charge is 0.311 e. The maximum absolute atomic E-state index is 11.7. The third-order valence-corrected chi connectivity index (χ3v) is 6.45. The van der Waals surface area contributed by atoms with E-state index in [-0.39, 0.29) is 30.4 Å². The van der Waals surface area contributed by atoms with E-state index in [1.54, 1.807) is 6.92 Å². The molecule has 0 bridgehead atoms. The van der Waals surface area contributed by atoms with Crippen LogP contribution in [-0.4, -0.2) is 23.3 Å². The van der Waals surface area contributed by atoms with Gasteiger partial charge in [-0.05, 0) is 18.1 Å². The molecule has 0 radical (unpaired) electrons. The van der Waals surface area contributed by atoms with E-state index in [0.29, 0.717) is 17.4 Å². The van der Waals surface area contributed by atoms with Crippen molar-refractivity contribution < 1.29 is 9.53 Å². The van der Waals surface area contributed by atoms with Crippen molar-refractivity contribution in [3.05, 3.63) is 82.9 Å². The van der Waals surface area contributed by atoms with E-state index in [1.807, 2.05) is 17.5 Å². The Labute approximate surface area is 192 Å². The third kappa shape index (κ3) is 5.41. The van der Waals surface area contributed by atoms with Gasteiger partial charge < -0.3 is 10.1 Å². The van der Waals surface area contributed by atoms with E-state index in [2.05, 4.69) is 71.2 Å². The fourth-order valence-corrected chi connectivity index (χ4v) is 4.67. The summed E-state index contributed by atoms with van der Waals surface area (Å²) in [6.07, 6.45) is 0.984. The number of hydrogen-bond donors (Lipinski definition) is 2. The number of carbonyl (C=O) groups excluding carboxylic acids is 1. The van der Waals surface area contributed by atoms with Crippen LogP contribution in [0.5, 0.6) is 0 Å². The largest absolute Gasteiger partial charge is 0.466 e. The Morgan fingerprint density at radius 3 is 2.53 bits per heavy atom. The second-order valence-electron chi connectivity index (χ2n) is 7.85. The van der Waals surface area contributed by atoms with Crippen LogP contribution in [0.2, 0.25) is 0 Å². The van der Waals surface area contributed by atoms with Gasteiger partial charge in [-0.25, -0.2) is 4.98 Å². The lowest BCUT2D eigenvalue weighted by atomic mass is 9.81. The van der Waals surface area contributed by atoms with Crippen molar-refractivity contribution in [3.8, 4) is 0 Å². The van der Waals surface area contributed by atoms with Crippen molar-refractivity contribution >= 4 is 28.1 Å². The van der Waals surface area contributed by atoms with Crippen molar-refractivity contribution in [1.82, 2.24) is 10.3 Å². The van der Waals surface area contributed by atoms with Crippen LogP contribution < -0.4 is 10.7 Å². The number of nitrogens with zero attached hydrogens (tertiary/aromatic N) is 2. The van der Waals surface area contributed by atoms with Crippen molar-refractivity contribution in [2.45, 2.75) is 38.8 Å². The molecule has 166 valence electrons. The molecule has 0 spiro atoms. The first-order chi connectivity index (χ1) is 15.6. The molecule has 6 nitrogen and oxygen atoms in total. The fourth-order valence-electron chi connectivity index (χ4n) is 4.02. The number of piperidine rings is 1. The predicted molar refractivity (Wildman–Crippen MR) is 129 cm³/mol. The molecule has 3 atom stereocenters. The molecular formula is C25H28N4O2S. The number of rotatable bonds is 7. The Kier molecular flexibility index (Phi) is 7.29. The van der Waals surface area contributed by atoms with Crippen molar-refractivity contribution in [3.63, 3.8) is 0 Å². The first-order valence-electron chi connectivity index (χ1n) is 10.9. The first-order valence-corrected chi connectivity index (χ1v) is 11.8. The molecule has 4 rings (SSSR count). The quantitative estimate of drug-likeness (QED) is 0.387. The number of nitrogens with one attached hydrogen (secondary N) is 2. The Morgan fingerprint density at radius 1 is 1.16 bits per heavy atom. The molecule has 2 aromatic carbocycles. The molecule has 0 amide bonds. The number of hydrogen-bond acceptors (Lipinski definition) is 7. The van der Waals surface area contributed by atoms with E-state index in [0.717, 1.165) is 12.1 Å². The highest BCUT2D eigenvalue weighted by atomic mass is 32.1. The lowest BCUT2D eigenvalue weighted by Crippen LogP contribution is -2.41. The minimum Gasteiger partial charge on any atom is -0.466 e. The van der Waals surface area contributed by atoms with Crippen molar-refractivity contribution in [2.24, 2.45) is 11.0 Å². The highest BCUT2D eigenvalue weighted by Gasteiger charge is 2.33. The zero-order chi connectivity index (χ0) is 22.3. The van der Waals surface area contributed by atoms with Crippen LogP contribution in [0.15, 0.2) is 71.1 Å². The van der Waals surface area contributed by atoms with Crippen LogP contribution >= 0.6 is 11.3 Å². The maximum atomic E-state index is 11.7. The highest BCUT2D eigenvalue weighted by molar-refractivity contribution is 7.13. The van der Waals surface area contributed by atoms with Crippen LogP contribution in [0, 0.1) is 5.92 Å². The second-order valence-corrected chi connectivity index (χ2v) is 8.71. The van der Waals surface area contributed by atoms with Gasteiger partial charge in [0.2, 0.25) is 5.13 Å². The van der Waals surface area contributed by atoms with Gasteiger partial charge in [-0.2, -0.15) is 5.10 Å². The van der Waals surface area contributed by atoms with E-state index in [9.17, 15) is 4.79 Å². The van der Waals surface area contributed by atoms with E-state index >= 15 is 0 Å². The Bertz CT molecular complexity index is 1050. The molecule has 3 unspecified atom stereocenters. The van der Waals surface area contributed by atoms with Gasteiger partial charge in [0.05, 0.1) is 18.7 Å². The number of thiazole rings is 1. The van der Waals surface area contributed by atoms with Crippen LogP contribution in [0.25, 0.3) is 0 Å². The summed E-state index contributed by atoms with van der Waals surface area (Å²) in [6.45, 7) is 4.38. The highest BCUT2D eigenvalue weighted by Crippen LogP contribution is 2.35. The molecule has 0 aliphatic carbocycles. The Hall–Kier alpha value is -3.03. The minimum atomic E-state index is -0.265. The van der Waals surface area contributed by atoms with Gasteiger partial charge in [0, 0.05) is 35.5 Å². The SMILES string of the molecule is CCOC(=O)Cc1csc(N/N=C2/CC(c3ccccc3)NC(c3ccccc3)C2C)n1. The molecular weight excluding hydrogens is 420 g/mol. The number of esters is 1. The summed E-state index contributed by atoms with van der Waals surface area (Å²) in [5, 5.41) is 11.1. The average Bonchev–Trinajstić information content (AvgIpc) is 3.26. The number of benzene rings is 2. The van der Waals surface area contributed by atoms with Crippen LogP contribution in [0.4, 0.5) is 5.13 Å². The summed E-state index contributed by atoms with van der Waals surface area (Å²) in [5.74, 6) is -0.0529. The van der Waals surface area contributed by atoms with Gasteiger partial charge in [0.25, 0.3) is 0 Å². The van der Waals surface area contributed by atoms with Gasteiger partial charge in [0.15, 0.2) is 0 Å². The van der Waals surface area contributed by atoms with Crippen LogP contribution in [-0.2, 0) is 16.0 Å². The molecule has 7 heteroatoms. The molecule has 1 fully saturated rings. The van der Waals surface area contributed by atoms with E-state index < -0.39 is 0 Å². The number of hydrazone groups is 1. The molecule has 32 heavy (non-hydrogen) atoms. The molecule has 1 aromatic heterocycles. The zero-order valence-electron chi connectivity index (χ0n) is 18.3. The number of anilines is 1. The Balaban J connectivity index is 1.54. The third-order valence-electron chi connectivity index (χ3n) is 5.66. The van der Waals surface area contributed by atoms with Gasteiger partial charge in [-0.15, -0.1) is 11.3 Å². The molecule has 1 aliphatic rings. The number of ether oxygens (including phenoxy) is 1. The summed E-state index contributed by atoms with van der Waals surface area (Å²) in [7, 11) is 0. The number of carbonyl (C=O) groups is 1. The molecule has 2 heterocycles. The Morgan fingerprint density at radius 2 is 1.84 bits per heavy atom. The van der Waals surface area contributed by atoms with Gasteiger partial charge in [-0.3, -0.25) is 10.2 Å². The van der Waals surface area contributed by atoms with Crippen molar-refractivity contribution in [2.75, 3.05) is 12.0 Å².